The smallest absolute Gasteiger partial charge is 0.195 e. The molecule has 6 aromatic heterocycles. The van der Waals surface area contributed by atoms with E-state index in [0.717, 1.165) is 210 Å². The number of hydrogen-bond acceptors (Lipinski definition) is 6. The number of benzene rings is 21. The summed E-state index contributed by atoms with van der Waals surface area (Å²) >= 11 is 0. The number of fused-ring (bicyclic) bond motifs is 18. The highest BCUT2D eigenvalue weighted by Crippen LogP contribution is 2.51. The van der Waals surface area contributed by atoms with Gasteiger partial charge in [-0.15, -0.1) is 0 Å². The molecule has 0 saturated carbocycles. The van der Waals surface area contributed by atoms with E-state index in [1.807, 2.05) is 212 Å². The Bertz CT molecular complexity index is 10700. The number of rotatable bonds is 12. The fourth-order valence-corrected chi connectivity index (χ4v) is 22.5. The van der Waals surface area contributed by atoms with Gasteiger partial charge in [0.1, 0.15) is 6.07 Å². The van der Waals surface area contributed by atoms with Gasteiger partial charge in [0.25, 0.3) is 0 Å². The molecule has 0 amide bonds. The number of hydrogen-bond donors (Lipinski definition) is 0. The Labute approximate surface area is 860 Å². The predicted octanol–water partition coefficient (Wildman–Crippen LogP) is 34.5. The van der Waals surface area contributed by atoms with E-state index in [2.05, 4.69) is 321 Å². The molecular weight excluding hydrogens is 1830 g/mol. The Morgan fingerprint density at radius 1 is 0.187 bits per heavy atom. The number of nitrogens with zero attached hydrogens (tertiary/aromatic N) is 15. The first kappa shape index (κ1) is 89.2. The number of nitriles is 6. The minimum Gasteiger partial charge on any atom is -0.310 e. The predicted molar refractivity (Wildman–Crippen MR) is 605 cm³/mol. The summed E-state index contributed by atoms with van der Waals surface area (Å²) in [6.45, 7) is 24.2. The zero-order valence-corrected chi connectivity index (χ0v) is 80.0. The molecule has 21 aromatic carbocycles. The molecule has 0 saturated heterocycles. The average Bonchev–Trinajstić information content (AvgIpc) is 1.58. The van der Waals surface area contributed by atoms with Gasteiger partial charge in [-0.3, -0.25) is 0 Å². The summed E-state index contributed by atoms with van der Waals surface area (Å²) < 4.78 is 13.3. The van der Waals surface area contributed by atoms with Crippen LogP contribution in [0.4, 0.5) is 17.1 Å². The molecule has 0 aliphatic carbocycles. The second-order valence-corrected chi connectivity index (χ2v) is 36.7. The van der Waals surface area contributed by atoms with E-state index < -0.39 is 0 Å². The minimum absolute atomic E-state index is 0.533. The zero-order valence-electron chi connectivity index (χ0n) is 80.0. The quantitative estimate of drug-likeness (QED) is 0.110. The van der Waals surface area contributed by atoms with Gasteiger partial charge >= 0.3 is 0 Å². The topological polar surface area (TPSA) is 185 Å². The van der Waals surface area contributed by atoms with Gasteiger partial charge in [-0.2, -0.15) is 31.6 Å². The molecule has 6 heterocycles. The first-order valence-corrected chi connectivity index (χ1v) is 48.8. The van der Waals surface area contributed by atoms with E-state index in [1.54, 1.807) is 0 Å². The Hall–Kier alpha value is -22.2. The highest BCUT2D eigenvalue weighted by Gasteiger charge is 2.28. The van der Waals surface area contributed by atoms with Crippen molar-refractivity contribution >= 4 is 148 Å². The molecule has 15 heteroatoms. The Balaban J connectivity index is 0.000000116. The lowest BCUT2D eigenvalue weighted by atomic mass is 9.90. The van der Waals surface area contributed by atoms with E-state index in [1.165, 1.54) is 21.5 Å². The molecule has 0 fully saturated rings. The normalized spacial score (nSPS) is 11.1. The van der Waals surface area contributed by atoms with Crippen LogP contribution in [0.5, 0.6) is 0 Å². The van der Waals surface area contributed by atoms with Crippen LogP contribution in [0.2, 0.25) is 0 Å². The van der Waals surface area contributed by atoms with Crippen LogP contribution in [0.1, 0.15) is 33.4 Å². The highest BCUT2D eigenvalue weighted by atomic mass is 15.0. The molecule has 0 bridgehead atoms. The minimum atomic E-state index is 0.533. The molecule has 150 heavy (non-hydrogen) atoms. The molecule has 0 radical (unpaired) electrons. The fourth-order valence-electron chi connectivity index (χ4n) is 22.5. The fraction of sp³-hybridized carbons (Fsp3) is 0. The van der Waals surface area contributed by atoms with Gasteiger partial charge in [0.2, 0.25) is 0 Å². The lowest BCUT2D eigenvalue weighted by Gasteiger charge is -2.19. The lowest BCUT2D eigenvalue weighted by molar-refractivity contribution is 1.18. The van der Waals surface area contributed by atoms with Crippen LogP contribution in [0.3, 0.4) is 0 Å². The molecule has 27 aromatic rings. The summed E-state index contributed by atoms with van der Waals surface area (Å²) in [6.07, 6.45) is 0. The van der Waals surface area contributed by atoms with E-state index >= 15 is 0 Å². The van der Waals surface area contributed by atoms with Crippen LogP contribution in [0, 0.1) is 87.7 Å². The first-order valence-electron chi connectivity index (χ1n) is 48.8. The maximum atomic E-state index is 10.5. The molecular formula is C135H75N15. The van der Waals surface area contributed by atoms with Gasteiger partial charge in [-0.1, -0.05) is 279 Å². The largest absolute Gasteiger partial charge is 0.310 e. The third-order valence-corrected chi connectivity index (χ3v) is 28.9. The van der Waals surface area contributed by atoms with E-state index in [4.69, 9.17) is 19.7 Å². The van der Waals surface area contributed by atoms with E-state index in [0.29, 0.717) is 50.4 Å². The molecule has 0 unspecified atom stereocenters. The number of para-hydroxylation sites is 9. The van der Waals surface area contributed by atoms with Crippen molar-refractivity contribution in [3.05, 3.63) is 523 Å². The van der Waals surface area contributed by atoms with Crippen molar-refractivity contribution in [1.82, 2.24) is 27.4 Å². The van der Waals surface area contributed by atoms with Gasteiger partial charge in [0.05, 0.1) is 161 Å². The second kappa shape index (κ2) is 37.0. The number of aromatic nitrogens is 6. The molecule has 0 aliphatic heterocycles. The van der Waals surface area contributed by atoms with Crippen molar-refractivity contribution in [2.45, 2.75) is 0 Å². The first-order chi connectivity index (χ1) is 74.1. The molecule has 0 aliphatic rings. The Morgan fingerprint density at radius 3 is 0.973 bits per heavy atom. The van der Waals surface area contributed by atoms with E-state index in [-0.39, 0.29) is 0 Å². The maximum Gasteiger partial charge on any atom is 0.195 e. The van der Waals surface area contributed by atoms with Crippen molar-refractivity contribution in [2.24, 2.45) is 0 Å². The molecule has 15 nitrogen and oxygen atoms in total. The Morgan fingerprint density at radius 2 is 0.507 bits per heavy atom. The SMILES string of the molecule is N#Cc1ccc2c(c1)c1ccccc1n2-c1cccc(C#N)c1-c1ccccc1-c1ccc(-n2c3ccccc3c3c(C#N)cccc32)cc1.[C-]#[N+]c1ccc2c3cc(C#N)ccc3n(-c3ccccc3-c3c([N+]#[C-])cccc3-c3ccc(-n4c5ccccc5c5ccccc54)cc3)c2c1.[C-]#[N+]c1cccc(-c2ccc(-n3c4ccccc4c4ccccc43)cc2)c1-c1ccccc1-n1c2ccc(C#N)cc2c2cccc(C#N)c21. The van der Waals surface area contributed by atoms with Crippen molar-refractivity contribution in [1.29, 1.82) is 31.6 Å². The van der Waals surface area contributed by atoms with Crippen molar-refractivity contribution in [3.63, 3.8) is 0 Å². The van der Waals surface area contributed by atoms with Crippen LogP contribution in [0.25, 0.3) is 246 Å². The van der Waals surface area contributed by atoms with Crippen LogP contribution in [-0.4, -0.2) is 27.4 Å². The summed E-state index contributed by atoms with van der Waals surface area (Å²) in [4.78, 5) is 11.8. The molecule has 0 N–H and O–H groups in total. The molecule has 0 spiro atoms. The van der Waals surface area contributed by atoms with Gasteiger partial charge in [0.15, 0.2) is 17.1 Å². The van der Waals surface area contributed by atoms with Gasteiger partial charge in [-0.05, 0) is 237 Å². The lowest BCUT2D eigenvalue weighted by Crippen LogP contribution is -2.00. The van der Waals surface area contributed by atoms with Gasteiger partial charge in [-0.25, -0.2) is 14.5 Å². The highest BCUT2D eigenvalue weighted by molar-refractivity contribution is 6.18. The summed E-state index contributed by atoms with van der Waals surface area (Å²) in [5.41, 5.74) is 34.0. The summed E-state index contributed by atoms with van der Waals surface area (Å²) in [6, 6.07) is 166. The van der Waals surface area contributed by atoms with E-state index in [9.17, 15) is 31.6 Å². The molecule has 690 valence electrons. The zero-order chi connectivity index (χ0) is 101. The summed E-state index contributed by atoms with van der Waals surface area (Å²) in [5.74, 6) is 0. The van der Waals surface area contributed by atoms with Crippen molar-refractivity contribution in [3.8, 4) is 137 Å². The maximum absolute atomic E-state index is 10.5. The summed E-state index contributed by atoms with van der Waals surface area (Å²) in [5, 5.41) is 72.3. The molecule has 0 atom stereocenters. The van der Waals surface area contributed by atoms with Crippen molar-refractivity contribution in [2.75, 3.05) is 0 Å². The van der Waals surface area contributed by atoms with Crippen LogP contribution < -0.4 is 0 Å². The van der Waals surface area contributed by atoms with Gasteiger partial charge < -0.3 is 27.4 Å². The van der Waals surface area contributed by atoms with Crippen LogP contribution in [-0.2, 0) is 0 Å². The van der Waals surface area contributed by atoms with Crippen LogP contribution >= 0.6 is 0 Å². The second-order valence-electron chi connectivity index (χ2n) is 36.7. The molecule has 27 rings (SSSR count). The third kappa shape index (κ3) is 14.6. The average molecular weight is 1910 g/mol. The Kier molecular flexibility index (Phi) is 22.0. The summed E-state index contributed by atoms with van der Waals surface area (Å²) in [7, 11) is 0. The van der Waals surface area contributed by atoms with Crippen LogP contribution in [0.15, 0.2) is 455 Å². The third-order valence-electron chi connectivity index (χ3n) is 28.9. The van der Waals surface area contributed by atoms with Crippen molar-refractivity contribution < 1.29 is 0 Å². The van der Waals surface area contributed by atoms with Gasteiger partial charge in [0, 0.05) is 92.8 Å². The monoisotopic (exact) mass is 1910 g/mol. The standard InChI is InChI=1S/3C45H25N5/c1-47-31-21-24-36-38-26-29(28-46)18-25-43(38)50(44(36)27-31)42-17-8-5-12-37(42)45-33(13-9-14-39(45)48-2)30-19-22-32(23-20-30)49-40-15-6-3-10-34(40)35-11-4-7-16-41(35)49;1-48-39-16-9-14-33(30-21-23-32(24-22-30)49-40-17-5-2-11-34(40)35-12-3-6-18-41(35)49)44(39)37-13-4-7-19-42(37)50-43-25-20-29(27-46)26-38(43)36-15-8-10-31(28-47)45(36)50;46-26-29-19-24-41-38(25-29)35-12-3-5-15-39(35)50(41)43-18-8-9-31(27-47)44(43)36-13-2-1-11-34(36)30-20-22-33(23-21-30)49-40-16-6-4-14-37(40)45-32(28-48)10-7-17-42(45)49/h3-27H;2-26H;1-25H.